The summed E-state index contributed by atoms with van der Waals surface area (Å²) in [5, 5.41) is 10.3. The smallest absolute Gasteiger partial charge is 0.246 e. The lowest BCUT2D eigenvalue weighted by atomic mass is 9.55. The first-order valence-corrected chi connectivity index (χ1v) is 11.6. The first kappa shape index (κ1) is 23.3. The van der Waals surface area contributed by atoms with Crippen LogP contribution in [-0.4, -0.2) is 66.2 Å². The van der Waals surface area contributed by atoms with Crippen LogP contribution in [0, 0.1) is 0 Å². The van der Waals surface area contributed by atoms with Crippen LogP contribution in [0.5, 0.6) is 5.75 Å². The Kier molecular flexibility index (Phi) is 6.77. The van der Waals surface area contributed by atoms with Gasteiger partial charge < -0.3 is 19.2 Å². The molecule has 1 amide bonds. The zero-order valence-corrected chi connectivity index (χ0v) is 19.6. The summed E-state index contributed by atoms with van der Waals surface area (Å²) in [6, 6.07) is 9.48. The predicted octanol–water partition coefficient (Wildman–Crippen LogP) is 4.22. The van der Waals surface area contributed by atoms with Crippen LogP contribution in [0.1, 0.15) is 36.8 Å². The third-order valence-electron chi connectivity index (χ3n) is 7.71. The van der Waals surface area contributed by atoms with Crippen molar-refractivity contribution < 1.29 is 19.1 Å². The molecule has 0 unspecified atom stereocenters. The van der Waals surface area contributed by atoms with Crippen LogP contribution in [-0.2, 0) is 14.9 Å². The number of aromatic hydroxyl groups is 1. The SMILES string of the molecule is C=CCN1CC[C@@]2(c3cccc(O)c3)C[C@H](N(C)C(=O)/C=C/c3ccoc3)CC[C@]2(OC)C1. The Labute approximate surface area is 196 Å². The summed E-state index contributed by atoms with van der Waals surface area (Å²) in [7, 11) is 3.69. The monoisotopic (exact) mass is 450 g/mol. The summed E-state index contributed by atoms with van der Waals surface area (Å²) in [5.41, 5.74) is 1.26. The van der Waals surface area contributed by atoms with Gasteiger partial charge >= 0.3 is 0 Å². The molecule has 1 aliphatic heterocycles. The minimum atomic E-state index is -0.394. The number of rotatable bonds is 7. The van der Waals surface area contributed by atoms with Gasteiger partial charge in [-0.05, 0) is 62.1 Å². The molecule has 6 nitrogen and oxygen atoms in total. The van der Waals surface area contributed by atoms with Crippen LogP contribution in [0.15, 0.2) is 66.0 Å². The number of benzene rings is 1. The molecule has 4 rings (SSSR count). The van der Waals surface area contributed by atoms with Crippen LogP contribution < -0.4 is 0 Å². The number of likely N-dealkylation sites (N-methyl/N-ethyl adjacent to an activating group) is 1. The quantitative estimate of drug-likeness (QED) is 0.505. The summed E-state index contributed by atoms with van der Waals surface area (Å²) in [4.78, 5) is 17.2. The Morgan fingerprint density at radius 2 is 2.24 bits per heavy atom. The molecule has 1 aromatic heterocycles. The number of ether oxygens (including phenoxy) is 1. The van der Waals surface area contributed by atoms with Gasteiger partial charge in [0.15, 0.2) is 0 Å². The molecular formula is C27H34N2O4. The number of phenols is 1. The summed E-state index contributed by atoms with van der Waals surface area (Å²) >= 11 is 0. The predicted molar refractivity (Wildman–Crippen MR) is 129 cm³/mol. The van der Waals surface area contributed by atoms with E-state index in [2.05, 4.69) is 17.5 Å². The Hall–Kier alpha value is -2.83. The van der Waals surface area contributed by atoms with Crippen molar-refractivity contribution in [3.8, 4) is 5.75 Å². The third-order valence-corrected chi connectivity index (χ3v) is 7.71. The fourth-order valence-electron chi connectivity index (χ4n) is 5.87. The zero-order valence-electron chi connectivity index (χ0n) is 19.6. The average molecular weight is 451 g/mol. The van der Waals surface area contributed by atoms with Crippen LogP contribution in [0.2, 0.25) is 0 Å². The second-order valence-corrected chi connectivity index (χ2v) is 9.34. The van der Waals surface area contributed by atoms with Gasteiger partial charge in [0.1, 0.15) is 5.75 Å². The van der Waals surface area contributed by atoms with E-state index in [1.54, 1.807) is 37.9 Å². The fourth-order valence-corrected chi connectivity index (χ4v) is 5.87. The lowest BCUT2D eigenvalue weighted by Gasteiger charge is -2.60. The Morgan fingerprint density at radius 1 is 1.39 bits per heavy atom. The fraction of sp³-hybridized carbons (Fsp3) is 0.444. The van der Waals surface area contributed by atoms with Crippen LogP contribution in [0.3, 0.4) is 0 Å². The summed E-state index contributed by atoms with van der Waals surface area (Å²) in [5.74, 6) is 0.233. The number of hydrogen-bond acceptors (Lipinski definition) is 5. The lowest BCUT2D eigenvalue weighted by molar-refractivity contribution is -0.157. The van der Waals surface area contributed by atoms with Crippen LogP contribution in [0.4, 0.5) is 0 Å². The number of amides is 1. The number of furan rings is 1. The van der Waals surface area contributed by atoms with Crippen molar-refractivity contribution in [3.05, 3.63) is 72.7 Å². The van der Waals surface area contributed by atoms with E-state index in [0.717, 1.165) is 56.4 Å². The van der Waals surface area contributed by atoms with Gasteiger partial charge in [-0.2, -0.15) is 0 Å². The molecule has 176 valence electrons. The van der Waals surface area contributed by atoms with Gasteiger partial charge in [-0.15, -0.1) is 6.58 Å². The van der Waals surface area contributed by atoms with E-state index in [9.17, 15) is 9.90 Å². The Balaban J connectivity index is 1.65. The molecule has 0 spiro atoms. The van der Waals surface area contributed by atoms with Gasteiger partial charge in [-0.3, -0.25) is 9.69 Å². The van der Waals surface area contributed by atoms with E-state index in [0.29, 0.717) is 0 Å². The first-order chi connectivity index (χ1) is 15.9. The van der Waals surface area contributed by atoms with Crippen molar-refractivity contribution in [3.63, 3.8) is 0 Å². The highest BCUT2D eigenvalue weighted by Crippen LogP contribution is 2.54. The molecule has 1 saturated carbocycles. The van der Waals surface area contributed by atoms with E-state index >= 15 is 0 Å². The van der Waals surface area contributed by atoms with Gasteiger partial charge in [0.2, 0.25) is 5.91 Å². The highest BCUT2D eigenvalue weighted by molar-refractivity contribution is 5.91. The molecule has 1 N–H and O–H groups in total. The molecule has 2 fully saturated rings. The molecule has 2 heterocycles. The molecule has 6 heteroatoms. The van der Waals surface area contributed by atoms with Crippen molar-refractivity contribution in [1.82, 2.24) is 9.80 Å². The largest absolute Gasteiger partial charge is 0.508 e. The molecule has 0 radical (unpaired) electrons. The maximum absolute atomic E-state index is 13.0. The lowest BCUT2D eigenvalue weighted by Crippen LogP contribution is -2.67. The number of fused-ring (bicyclic) bond motifs is 1. The second kappa shape index (κ2) is 9.57. The average Bonchev–Trinajstić information content (AvgIpc) is 3.35. The maximum Gasteiger partial charge on any atom is 0.246 e. The van der Waals surface area contributed by atoms with Crippen molar-refractivity contribution >= 4 is 12.0 Å². The van der Waals surface area contributed by atoms with E-state index in [-0.39, 0.29) is 23.1 Å². The van der Waals surface area contributed by atoms with Crippen molar-refractivity contribution in [2.24, 2.45) is 0 Å². The highest BCUT2D eigenvalue weighted by atomic mass is 16.5. The molecule has 3 atom stereocenters. The Morgan fingerprint density at radius 3 is 2.94 bits per heavy atom. The van der Waals surface area contributed by atoms with E-state index in [4.69, 9.17) is 9.15 Å². The minimum absolute atomic E-state index is 0.0266. The molecular weight excluding hydrogens is 416 g/mol. The van der Waals surface area contributed by atoms with Crippen molar-refractivity contribution in [1.29, 1.82) is 0 Å². The number of carbonyl (C=O) groups excluding carboxylic acids is 1. The van der Waals surface area contributed by atoms with Gasteiger partial charge in [0, 0.05) is 50.3 Å². The van der Waals surface area contributed by atoms with Gasteiger partial charge in [0.05, 0.1) is 18.1 Å². The molecule has 1 saturated heterocycles. The van der Waals surface area contributed by atoms with Gasteiger partial charge in [0.25, 0.3) is 0 Å². The standard InChI is InChI=1S/C27H34N2O4/c1-4-14-29-15-13-26(22-6-5-7-24(30)17-22)18-23(10-12-27(26,20-29)32-3)28(2)25(31)9-8-21-11-16-33-19-21/h4-9,11,16-17,19,23,30H,1,10,12-15,18,20H2,2-3H3/b9-8+/t23-,26+,27+/m1/s1. The molecule has 2 aromatic rings. The molecule has 1 aromatic carbocycles. The number of phenolic OH excluding ortho intramolecular Hbond substituents is 1. The maximum atomic E-state index is 13.0. The van der Waals surface area contributed by atoms with Gasteiger partial charge in [-0.25, -0.2) is 0 Å². The van der Waals surface area contributed by atoms with E-state index < -0.39 is 5.60 Å². The molecule has 0 bridgehead atoms. The van der Waals surface area contributed by atoms with Gasteiger partial charge in [-0.1, -0.05) is 18.2 Å². The summed E-state index contributed by atoms with van der Waals surface area (Å²) in [6.07, 6.45) is 11.9. The second-order valence-electron chi connectivity index (χ2n) is 9.34. The number of methoxy groups -OCH3 is 1. The first-order valence-electron chi connectivity index (χ1n) is 11.6. The zero-order chi connectivity index (χ0) is 23.5. The summed E-state index contributed by atoms with van der Waals surface area (Å²) < 4.78 is 11.4. The normalized spacial score (nSPS) is 27.9. The Bertz CT molecular complexity index is 1000. The number of likely N-dealkylation sites (tertiary alicyclic amines) is 1. The number of carbonyl (C=O) groups is 1. The third kappa shape index (κ3) is 4.37. The van der Waals surface area contributed by atoms with E-state index in [1.165, 1.54) is 0 Å². The van der Waals surface area contributed by atoms with Crippen LogP contribution >= 0.6 is 0 Å². The molecule has 33 heavy (non-hydrogen) atoms. The molecule has 2 aliphatic rings. The topological polar surface area (TPSA) is 66.2 Å². The van der Waals surface area contributed by atoms with Crippen molar-refractivity contribution in [2.45, 2.75) is 42.7 Å². The number of piperidine rings is 1. The number of nitrogens with zero attached hydrogens (tertiary/aromatic N) is 2. The highest BCUT2D eigenvalue weighted by Gasteiger charge is 2.59. The number of hydrogen-bond donors (Lipinski definition) is 1. The van der Waals surface area contributed by atoms with Crippen molar-refractivity contribution in [2.75, 3.05) is 33.8 Å². The summed E-state index contributed by atoms with van der Waals surface area (Å²) in [6.45, 7) is 6.45. The minimum Gasteiger partial charge on any atom is -0.508 e. The molecule has 1 aliphatic carbocycles. The van der Waals surface area contributed by atoms with E-state index in [1.807, 2.05) is 36.2 Å². The van der Waals surface area contributed by atoms with Crippen LogP contribution in [0.25, 0.3) is 6.08 Å².